The maximum absolute atomic E-state index is 5.74. The van der Waals surface area contributed by atoms with Crippen molar-refractivity contribution in [1.29, 1.82) is 0 Å². The van der Waals surface area contributed by atoms with E-state index in [-0.39, 0.29) is 0 Å². The van der Waals surface area contributed by atoms with E-state index in [4.69, 9.17) is 9.47 Å². The summed E-state index contributed by atoms with van der Waals surface area (Å²) in [4.78, 5) is 0. The number of nitrogens with one attached hydrogen (secondary N) is 1. The lowest BCUT2D eigenvalue weighted by molar-refractivity contribution is 0.316. The largest absolute Gasteiger partial charge is 0.497 e. The first-order valence-corrected chi connectivity index (χ1v) is 5.76. The Balaban J connectivity index is 2.71. The highest BCUT2D eigenvalue weighted by atomic mass is 16.5. The van der Waals surface area contributed by atoms with E-state index in [0.717, 1.165) is 35.6 Å². The van der Waals surface area contributed by atoms with E-state index in [1.165, 1.54) is 0 Å². The van der Waals surface area contributed by atoms with E-state index in [1.807, 2.05) is 32.2 Å². The predicted octanol–water partition coefficient (Wildman–Crippen LogP) is 2.76. The SMILES string of the molecule is C=C(C)CCOc1ccc(OC)cc1CNC. The van der Waals surface area contributed by atoms with Crippen molar-refractivity contribution in [3.05, 3.63) is 35.9 Å². The first-order chi connectivity index (χ1) is 8.17. The zero-order valence-corrected chi connectivity index (χ0v) is 10.9. The highest BCUT2D eigenvalue weighted by Gasteiger charge is 2.05. The van der Waals surface area contributed by atoms with Gasteiger partial charge in [0.05, 0.1) is 13.7 Å². The minimum Gasteiger partial charge on any atom is -0.497 e. The Bertz CT molecular complexity index is 374. The quantitative estimate of drug-likeness (QED) is 0.737. The fourth-order valence-electron chi connectivity index (χ4n) is 1.49. The van der Waals surface area contributed by atoms with Crippen molar-refractivity contribution < 1.29 is 9.47 Å². The van der Waals surface area contributed by atoms with Gasteiger partial charge >= 0.3 is 0 Å². The summed E-state index contributed by atoms with van der Waals surface area (Å²) in [5, 5.41) is 3.12. The molecule has 1 aromatic rings. The van der Waals surface area contributed by atoms with Crippen molar-refractivity contribution in [1.82, 2.24) is 5.32 Å². The summed E-state index contributed by atoms with van der Waals surface area (Å²) >= 11 is 0. The number of ether oxygens (including phenoxy) is 2. The molecule has 3 nitrogen and oxygen atoms in total. The van der Waals surface area contributed by atoms with Crippen LogP contribution < -0.4 is 14.8 Å². The fourth-order valence-corrected chi connectivity index (χ4v) is 1.49. The second kappa shape index (κ2) is 6.97. The Labute approximate surface area is 103 Å². The van der Waals surface area contributed by atoms with Crippen molar-refractivity contribution in [2.75, 3.05) is 20.8 Å². The molecule has 0 amide bonds. The summed E-state index contributed by atoms with van der Waals surface area (Å²) in [5.74, 6) is 1.75. The summed E-state index contributed by atoms with van der Waals surface area (Å²) in [6.45, 7) is 7.29. The minimum absolute atomic E-state index is 0.665. The van der Waals surface area contributed by atoms with Gasteiger partial charge in [0.15, 0.2) is 0 Å². The van der Waals surface area contributed by atoms with Crippen LogP contribution in [0.15, 0.2) is 30.4 Å². The summed E-state index contributed by atoms with van der Waals surface area (Å²) in [6, 6.07) is 5.85. The van der Waals surface area contributed by atoms with Gasteiger partial charge in [-0.25, -0.2) is 0 Å². The van der Waals surface area contributed by atoms with Gasteiger partial charge < -0.3 is 14.8 Å². The Morgan fingerprint density at radius 3 is 2.76 bits per heavy atom. The van der Waals surface area contributed by atoms with Gasteiger partial charge in [0.25, 0.3) is 0 Å². The molecule has 0 aromatic heterocycles. The maximum Gasteiger partial charge on any atom is 0.124 e. The molecular weight excluding hydrogens is 214 g/mol. The van der Waals surface area contributed by atoms with Gasteiger partial charge in [0.2, 0.25) is 0 Å². The maximum atomic E-state index is 5.74. The Morgan fingerprint density at radius 2 is 2.18 bits per heavy atom. The molecule has 0 saturated carbocycles. The lowest BCUT2D eigenvalue weighted by Gasteiger charge is -2.12. The molecular formula is C14H21NO2. The average molecular weight is 235 g/mol. The van der Waals surface area contributed by atoms with Crippen LogP contribution in [0.3, 0.4) is 0 Å². The molecule has 0 bridgehead atoms. The molecule has 94 valence electrons. The molecule has 1 N–H and O–H groups in total. The predicted molar refractivity (Wildman–Crippen MR) is 70.7 cm³/mol. The zero-order chi connectivity index (χ0) is 12.7. The summed E-state index contributed by atoms with van der Waals surface area (Å²) in [6.07, 6.45) is 0.880. The third kappa shape index (κ3) is 4.49. The van der Waals surface area contributed by atoms with Gasteiger partial charge in [-0.3, -0.25) is 0 Å². The summed E-state index contributed by atoms with van der Waals surface area (Å²) < 4.78 is 10.9. The highest BCUT2D eigenvalue weighted by Crippen LogP contribution is 2.24. The first-order valence-electron chi connectivity index (χ1n) is 5.76. The lowest BCUT2D eigenvalue weighted by Crippen LogP contribution is -2.08. The van der Waals surface area contributed by atoms with Crippen LogP contribution in [-0.2, 0) is 6.54 Å². The van der Waals surface area contributed by atoms with E-state index in [9.17, 15) is 0 Å². The molecule has 0 heterocycles. The minimum atomic E-state index is 0.665. The van der Waals surface area contributed by atoms with Gasteiger partial charge in [0, 0.05) is 18.5 Å². The van der Waals surface area contributed by atoms with Gasteiger partial charge in [-0.15, -0.1) is 6.58 Å². The van der Waals surface area contributed by atoms with E-state index in [1.54, 1.807) is 7.11 Å². The van der Waals surface area contributed by atoms with Crippen LogP contribution in [0.25, 0.3) is 0 Å². The molecule has 0 fully saturated rings. The summed E-state index contributed by atoms with van der Waals surface area (Å²) in [5.41, 5.74) is 2.24. The highest BCUT2D eigenvalue weighted by molar-refractivity contribution is 5.40. The standard InChI is InChI=1S/C14H21NO2/c1-11(2)7-8-17-14-6-5-13(16-4)9-12(14)10-15-3/h5-6,9,15H,1,7-8,10H2,2-4H3. The Hall–Kier alpha value is -1.48. The molecule has 0 radical (unpaired) electrons. The van der Waals surface area contributed by atoms with E-state index >= 15 is 0 Å². The molecule has 0 aliphatic rings. The molecule has 0 spiro atoms. The van der Waals surface area contributed by atoms with E-state index < -0.39 is 0 Å². The fraction of sp³-hybridized carbons (Fsp3) is 0.429. The van der Waals surface area contributed by atoms with Crippen LogP contribution in [0.5, 0.6) is 11.5 Å². The molecule has 0 atom stereocenters. The molecule has 1 aromatic carbocycles. The van der Waals surface area contributed by atoms with Crippen molar-refractivity contribution >= 4 is 0 Å². The Morgan fingerprint density at radius 1 is 1.41 bits per heavy atom. The number of hydrogen-bond acceptors (Lipinski definition) is 3. The number of methoxy groups -OCH3 is 1. The molecule has 0 saturated heterocycles. The van der Waals surface area contributed by atoms with Crippen molar-refractivity contribution in [3.8, 4) is 11.5 Å². The van der Waals surface area contributed by atoms with E-state index in [0.29, 0.717) is 6.61 Å². The number of benzene rings is 1. The van der Waals surface area contributed by atoms with Crippen LogP contribution in [-0.4, -0.2) is 20.8 Å². The second-order valence-corrected chi connectivity index (χ2v) is 4.06. The molecule has 0 aliphatic heterocycles. The molecule has 17 heavy (non-hydrogen) atoms. The van der Waals surface area contributed by atoms with Gasteiger partial charge in [-0.2, -0.15) is 0 Å². The molecule has 0 unspecified atom stereocenters. The zero-order valence-electron chi connectivity index (χ0n) is 10.9. The van der Waals surface area contributed by atoms with Crippen LogP contribution in [0.2, 0.25) is 0 Å². The molecule has 3 heteroatoms. The molecule has 1 rings (SSSR count). The topological polar surface area (TPSA) is 30.5 Å². The normalized spacial score (nSPS) is 10.1. The van der Waals surface area contributed by atoms with Crippen molar-refractivity contribution in [3.63, 3.8) is 0 Å². The lowest BCUT2D eigenvalue weighted by atomic mass is 10.2. The van der Waals surface area contributed by atoms with Crippen LogP contribution in [0.1, 0.15) is 18.9 Å². The van der Waals surface area contributed by atoms with Gasteiger partial charge in [-0.1, -0.05) is 5.57 Å². The second-order valence-electron chi connectivity index (χ2n) is 4.06. The third-order valence-corrected chi connectivity index (χ3v) is 2.42. The molecule has 0 aliphatic carbocycles. The van der Waals surface area contributed by atoms with Gasteiger partial charge in [-0.05, 0) is 32.2 Å². The number of hydrogen-bond donors (Lipinski definition) is 1. The van der Waals surface area contributed by atoms with Crippen LogP contribution >= 0.6 is 0 Å². The average Bonchev–Trinajstić information content (AvgIpc) is 2.31. The number of rotatable bonds is 7. The van der Waals surface area contributed by atoms with Crippen LogP contribution in [0.4, 0.5) is 0 Å². The van der Waals surface area contributed by atoms with Gasteiger partial charge in [0.1, 0.15) is 11.5 Å². The van der Waals surface area contributed by atoms with Crippen molar-refractivity contribution in [2.24, 2.45) is 0 Å². The Kier molecular flexibility index (Phi) is 5.57. The summed E-state index contributed by atoms with van der Waals surface area (Å²) in [7, 11) is 3.58. The first kappa shape index (κ1) is 13.6. The third-order valence-electron chi connectivity index (χ3n) is 2.42. The monoisotopic (exact) mass is 235 g/mol. The van der Waals surface area contributed by atoms with Crippen molar-refractivity contribution in [2.45, 2.75) is 19.9 Å². The van der Waals surface area contributed by atoms with E-state index in [2.05, 4.69) is 11.9 Å². The van der Waals surface area contributed by atoms with Crippen LogP contribution in [0, 0.1) is 0 Å². The smallest absolute Gasteiger partial charge is 0.124 e.